The second-order valence-electron chi connectivity index (χ2n) is 5.70. The Morgan fingerprint density at radius 2 is 1.95 bits per heavy atom. The first-order valence-electron chi connectivity index (χ1n) is 6.20. The van der Waals surface area contributed by atoms with E-state index in [9.17, 15) is 14.7 Å². The Labute approximate surface area is 117 Å². The summed E-state index contributed by atoms with van der Waals surface area (Å²) in [6.45, 7) is 6.64. The predicted octanol–water partition coefficient (Wildman–Crippen LogP) is 0.504. The van der Waals surface area contributed by atoms with Gasteiger partial charge in [-0.05, 0) is 27.7 Å². The number of carbonyl (C=O) groups excluding carboxylic acids is 1. The van der Waals surface area contributed by atoms with Gasteiger partial charge in [-0.25, -0.2) is 9.78 Å². The van der Waals surface area contributed by atoms with E-state index >= 15 is 0 Å². The number of carboxylic acid groups (broad SMARTS) is 1. The minimum absolute atomic E-state index is 0.177. The van der Waals surface area contributed by atoms with Gasteiger partial charge in [0.1, 0.15) is 6.33 Å². The number of carbonyl (C=O) groups is 2. The highest BCUT2D eigenvalue weighted by atomic mass is 16.4. The summed E-state index contributed by atoms with van der Waals surface area (Å²) in [7, 11) is 1.73. The maximum absolute atomic E-state index is 11.8. The second-order valence-corrected chi connectivity index (χ2v) is 5.70. The van der Waals surface area contributed by atoms with Crippen LogP contribution in [0, 0.1) is 5.41 Å². The van der Waals surface area contributed by atoms with Crippen LogP contribution in [-0.2, 0) is 18.4 Å². The van der Waals surface area contributed by atoms with Gasteiger partial charge >= 0.3 is 12.0 Å². The van der Waals surface area contributed by atoms with Gasteiger partial charge in [0.05, 0.1) is 17.5 Å². The third kappa shape index (κ3) is 3.46. The molecule has 2 amide bonds. The average Bonchev–Trinajstić information content (AvgIpc) is 2.71. The van der Waals surface area contributed by atoms with E-state index in [1.54, 1.807) is 34.7 Å². The van der Waals surface area contributed by atoms with Crippen molar-refractivity contribution >= 4 is 12.0 Å². The second kappa shape index (κ2) is 5.48. The lowest BCUT2D eigenvalue weighted by Crippen LogP contribution is -2.58. The fourth-order valence-electron chi connectivity index (χ4n) is 1.38. The summed E-state index contributed by atoms with van der Waals surface area (Å²) in [5.41, 5.74) is -2.02. The number of urea groups is 1. The highest BCUT2D eigenvalue weighted by Gasteiger charge is 2.44. The Morgan fingerprint density at radius 1 is 1.35 bits per heavy atom. The summed E-state index contributed by atoms with van der Waals surface area (Å²) in [5.74, 6) is -0.493. The number of hydrogen-bond acceptors (Lipinski definition) is 4. The molecule has 0 aliphatic rings. The molecule has 0 bridgehead atoms. The summed E-state index contributed by atoms with van der Waals surface area (Å²) in [6.07, 6.45) is 1.53. The van der Waals surface area contributed by atoms with Gasteiger partial charge in [0.2, 0.25) is 0 Å². The topological polar surface area (TPSA) is 109 Å². The number of rotatable bonds is 5. The number of carboxylic acids is 1. The first-order valence-corrected chi connectivity index (χ1v) is 6.20. The van der Waals surface area contributed by atoms with Crippen LogP contribution in [0.2, 0.25) is 0 Å². The van der Waals surface area contributed by atoms with E-state index in [1.165, 1.54) is 11.0 Å². The summed E-state index contributed by atoms with van der Waals surface area (Å²) in [6, 6.07) is -0.461. The van der Waals surface area contributed by atoms with E-state index in [0.29, 0.717) is 5.82 Å². The van der Waals surface area contributed by atoms with Crippen molar-refractivity contribution < 1.29 is 14.7 Å². The quantitative estimate of drug-likeness (QED) is 0.729. The summed E-state index contributed by atoms with van der Waals surface area (Å²) in [5, 5.41) is 18.5. The van der Waals surface area contributed by atoms with Crippen molar-refractivity contribution in [2.24, 2.45) is 12.5 Å². The summed E-state index contributed by atoms with van der Waals surface area (Å²) in [4.78, 5) is 27.0. The van der Waals surface area contributed by atoms with Crippen molar-refractivity contribution in [3.8, 4) is 0 Å². The Kier molecular flexibility index (Phi) is 4.36. The van der Waals surface area contributed by atoms with E-state index in [4.69, 9.17) is 0 Å². The zero-order chi connectivity index (χ0) is 15.6. The van der Waals surface area contributed by atoms with Gasteiger partial charge in [0.25, 0.3) is 0 Å². The Balaban J connectivity index is 2.59. The molecule has 0 aliphatic heterocycles. The Morgan fingerprint density at radius 3 is 2.40 bits per heavy atom. The maximum atomic E-state index is 11.8. The van der Waals surface area contributed by atoms with Crippen LogP contribution in [0.15, 0.2) is 6.33 Å². The van der Waals surface area contributed by atoms with E-state index in [-0.39, 0.29) is 6.54 Å². The molecule has 8 nitrogen and oxygen atoms in total. The van der Waals surface area contributed by atoms with Crippen molar-refractivity contribution in [3.05, 3.63) is 12.2 Å². The Hall–Kier alpha value is -2.12. The van der Waals surface area contributed by atoms with Crippen molar-refractivity contribution in [3.63, 3.8) is 0 Å². The average molecular weight is 283 g/mol. The number of nitrogens with one attached hydrogen (secondary N) is 2. The fraction of sp³-hybridized carbons (Fsp3) is 0.667. The van der Waals surface area contributed by atoms with Crippen LogP contribution in [0.5, 0.6) is 0 Å². The van der Waals surface area contributed by atoms with Gasteiger partial charge in [-0.3, -0.25) is 9.48 Å². The van der Waals surface area contributed by atoms with Crippen molar-refractivity contribution in [2.45, 2.75) is 39.8 Å². The van der Waals surface area contributed by atoms with Crippen LogP contribution < -0.4 is 10.6 Å². The number of aromatic nitrogens is 3. The van der Waals surface area contributed by atoms with E-state index < -0.39 is 23.0 Å². The van der Waals surface area contributed by atoms with E-state index in [2.05, 4.69) is 20.7 Å². The Bertz CT molecular complexity index is 507. The lowest BCUT2D eigenvalue weighted by atomic mass is 9.74. The predicted molar refractivity (Wildman–Crippen MR) is 71.9 cm³/mol. The standard InChI is InChI=1S/C12H21N5O3/c1-11(2,9(18)19)12(3,4)15-10(20)13-6-8-14-7-17(5)16-8/h7H,6H2,1-5H3,(H,18,19)(H2,13,15,20). The van der Waals surface area contributed by atoms with Gasteiger partial charge in [-0.15, -0.1) is 0 Å². The first-order chi connectivity index (χ1) is 9.06. The van der Waals surface area contributed by atoms with E-state index in [1.807, 2.05) is 0 Å². The molecular formula is C12H21N5O3. The largest absolute Gasteiger partial charge is 0.481 e. The number of aryl methyl sites for hydroxylation is 1. The van der Waals surface area contributed by atoms with Gasteiger partial charge < -0.3 is 15.7 Å². The lowest BCUT2D eigenvalue weighted by molar-refractivity contribution is -0.150. The SMILES string of the molecule is Cn1cnc(CNC(=O)NC(C)(C)C(C)(C)C(=O)O)n1. The van der Waals surface area contributed by atoms with Gasteiger partial charge in [0.15, 0.2) is 5.82 Å². The van der Waals surface area contributed by atoms with Crippen LogP contribution in [0.1, 0.15) is 33.5 Å². The molecule has 0 aromatic carbocycles. The molecule has 0 atom stereocenters. The van der Waals surface area contributed by atoms with Crippen LogP contribution in [0.3, 0.4) is 0 Å². The number of aliphatic carboxylic acids is 1. The molecule has 20 heavy (non-hydrogen) atoms. The summed E-state index contributed by atoms with van der Waals surface area (Å²) < 4.78 is 1.53. The van der Waals surface area contributed by atoms with Crippen LogP contribution in [-0.4, -0.2) is 37.4 Å². The first kappa shape index (κ1) is 15.9. The number of hydrogen-bond donors (Lipinski definition) is 3. The highest BCUT2D eigenvalue weighted by molar-refractivity contribution is 5.79. The van der Waals surface area contributed by atoms with Crippen LogP contribution in [0.4, 0.5) is 4.79 Å². The molecule has 3 N–H and O–H groups in total. The molecule has 112 valence electrons. The van der Waals surface area contributed by atoms with Gasteiger partial charge in [-0.2, -0.15) is 5.10 Å². The van der Waals surface area contributed by atoms with Crippen molar-refractivity contribution in [2.75, 3.05) is 0 Å². The van der Waals surface area contributed by atoms with Gasteiger partial charge in [0, 0.05) is 7.05 Å². The normalized spacial score (nSPS) is 12.1. The molecule has 1 aromatic rings. The third-order valence-electron chi connectivity index (χ3n) is 3.58. The zero-order valence-electron chi connectivity index (χ0n) is 12.4. The molecule has 1 heterocycles. The third-order valence-corrected chi connectivity index (χ3v) is 3.58. The molecule has 8 heteroatoms. The van der Waals surface area contributed by atoms with Crippen molar-refractivity contribution in [1.29, 1.82) is 0 Å². The molecule has 0 aliphatic carbocycles. The lowest BCUT2D eigenvalue weighted by Gasteiger charge is -2.38. The molecule has 1 aromatic heterocycles. The van der Waals surface area contributed by atoms with Crippen LogP contribution >= 0.6 is 0 Å². The van der Waals surface area contributed by atoms with Crippen LogP contribution in [0.25, 0.3) is 0 Å². The fourth-order valence-corrected chi connectivity index (χ4v) is 1.38. The molecule has 0 saturated heterocycles. The molecular weight excluding hydrogens is 262 g/mol. The van der Waals surface area contributed by atoms with E-state index in [0.717, 1.165) is 0 Å². The molecule has 0 saturated carbocycles. The molecule has 0 spiro atoms. The highest BCUT2D eigenvalue weighted by Crippen LogP contribution is 2.30. The van der Waals surface area contributed by atoms with Crippen molar-refractivity contribution in [1.82, 2.24) is 25.4 Å². The monoisotopic (exact) mass is 283 g/mol. The smallest absolute Gasteiger partial charge is 0.315 e. The summed E-state index contributed by atoms with van der Waals surface area (Å²) >= 11 is 0. The number of amides is 2. The minimum atomic E-state index is -1.10. The molecule has 0 radical (unpaired) electrons. The number of nitrogens with zero attached hydrogens (tertiary/aromatic N) is 3. The zero-order valence-corrected chi connectivity index (χ0v) is 12.4. The molecule has 1 rings (SSSR count). The molecule has 0 unspecified atom stereocenters. The minimum Gasteiger partial charge on any atom is -0.481 e. The van der Waals surface area contributed by atoms with Gasteiger partial charge in [-0.1, -0.05) is 0 Å². The maximum Gasteiger partial charge on any atom is 0.315 e. The molecule has 0 fully saturated rings.